The summed E-state index contributed by atoms with van der Waals surface area (Å²) in [6, 6.07) is 3.15. The first-order valence-corrected chi connectivity index (χ1v) is 3.31. The maximum absolute atomic E-state index is 12.7. The van der Waals surface area contributed by atoms with Crippen molar-refractivity contribution in [3.05, 3.63) is 29.4 Å². The summed E-state index contributed by atoms with van der Waals surface area (Å²) >= 11 is 5.52. The summed E-state index contributed by atoms with van der Waals surface area (Å²) in [6.07, 6.45) is 1.10. The fraction of sp³-hybridized carbons (Fsp3) is 0. The average molecular weight is 172 g/mol. The maximum atomic E-state index is 12.7. The van der Waals surface area contributed by atoms with Crippen LogP contribution in [0.4, 0.5) is 4.39 Å². The van der Waals surface area contributed by atoms with Gasteiger partial charge in [-0.25, -0.2) is 4.98 Å². The van der Waals surface area contributed by atoms with Gasteiger partial charge in [-0.1, -0.05) is 11.6 Å². The summed E-state index contributed by atoms with van der Waals surface area (Å²) in [7, 11) is 0. The molecule has 0 spiro atoms. The molecule has 0 saturated heterocycles. The molecule has 0 aromatic carbocycles. The normalized spacial score (nSPS) is 10.7. The number of hydrogen-bond donors (Lipinski definition) is 0. The SMILES string of the molecule is Fc1cnc2ccc(Cl)nn12. The second kappa shape index (κ2) is 2.17. The lowest BCUT2D eigenvalue weighted by Gasteiger charge is -1.91. The fourth-order valence-corrected chi connectivity index (χ4v) is 0.962. The van der Waals surface area contributed by atoms with Gasteiger partial charge >= 0.3 is 0 Å². The quantitative estimate of drug-likeness (QED) is 0.602. The van der Waals surface area contributed by atoms with Crippen LogP contribution in [-0.4, -0.2) is 14.6 Å². The van der Waals surface area contributed by atoms with Crippen molar-refractivity contribution in [3.8, 4) is 0 Å². The van der Waals surface area contributed by atoms with Crippen molar-refractivity contribution in [2.24, 2.45) is 0 Å². The summed E-state index contributed by atoms with van der Waals surface area (Å²) in [6.45, 7) is 0. The third kappa shape index (κ3) is 0.952. The second-order valence-electron chi connectivity index (χ2n) is 2.01. The first-order valence-electron chi connectivity index (χ1n) is 2.93. The number of nitrogens with zero attached hydrogens (tertiary/aromatic N) is 3. The van der Waals surface area contributed by atoms with Crippen LogP contribution in [0.5, 0.6) is 0 Å². The van der Waals surface area contributed by atoms with Gasteiger partial charge in [-0.15, -0.1) is 0 Å². The van der Waals surface area contributed by atoms with Gasteiger partial charge in [-0.3, -0.25) is 0 Å². The van der Waals surface area contributed by atoms with Crippen LogP contribution in [-0.2, 0) is 0 Å². The van der Waals surface area contributed by atoms with Crippen LogP contribution >= 0.6 is 11.6 Å². The Balaban J connectivity index is 2.87. The molecule has 0 saturated carbocycles. The minimum absolute atomic E-state index is 0.245. The monoisotopic (exact) mass is 171 g/mol. The van der Waals surface area contributed by atoms with Gasteiger partial charge < -0.3 is 0 Å². The van der Waals surface area contributed by atoms with Crippen molar-refractivity contribution in [3.63, 3.8) is 0 Å². The summed E-state index contributed by atoms with van der Waals surface area (Å²) in [4.78, 5) is 3.73. The van der Waals surface area contributed by atoms with E-state index in [1.807, 2.05) is 0 Å². The molecule has 0 aliphatic carbocycles. The van der Waals surface area contributed by atoms with Gasteiger partial charge in [0, 0.05) is 0 Å². The number of aromatic nitrogens is 3. The lowest BCUT2D eigenvalue weighted by atomic mass is 10.6. The molecular formula is C6H3ClFN3. The van der Waals surface area contributed by atoms with Crippen molar-refractivity contribution >= 4 is 17.2 Å². The summed E-state index contributed by atoms with van der Waals surface area (Å²) in [5.41, 5.74) is 0.451. The van der Waals surface area contributed by atoms with E-state index < -0.39 is 5.95 Å². The van der Waals surface area contributed by atoms with Gasteiger partial charge in [-0.05, 0) is 12.1 Å². The highest BCUT2D eigenvalue weighted by Crippen LogP contribution is 2.07. The Morgan fingerprint density at radius 3 is 3.09 bits per heavy atom. The highest BCUT2D eigenvalue weighted by Gasteiger charge is 2.01. The minimum atomic E-state index is -0.512. The van der Waals surface area contributed by atoms with Crippen LogP contribution in [0.15, 0.2) is 18.3 Å². The van der Waals surface area contributed by atoms with Gasteiger partial charge in [0.1, 0.15) is 5.15 Å². The standard InChI is InChI=1S/C6H3ClFN3/c7-4-1-2-6-9-3-5(8)11(6)10-4/h1-3H. The molecule has 0 N–H and O–H groups in total. The van der Waals surface area contributed by atoms with Crippen LogP contribution in [0, 0.1) is 5.95 Å². The third-order valence-electron chi connectivity index (χ3n) is 1.29. The van der Waals surface area contributed by atoms with Crippen molar-refractivity contribution in [1.29, 1.82) is 0 Å². The van der Waals surface area contributed by atoms with Crippen molar-refractivity contribution in [2.45, 2.75) is 0 Å². The van der Waals surface area contributed by atoms with Gasteiger partial charge in [0.2, 0.25) is 5.95 Å². The molecule has 0 atom stereocenters. The molecule has 0 bridgehead atoms. The van der Waals surface area contributed by atoms with Gasteiger partial charge in [-0.2, -0.15) is 14.0 Å². The molecule has 3 nitrogen and oxygen atoms in total. The molecule has 0 fully saturated rings. The molecule has 11 heavy (non-hydrogen) atoms. The average Bonchev–Trinajstić information content (AvgIpc) is 2.33. The summed E-state index contributed by atoms with van der Waals surface area (Å²) in [5, 5.41) is 3.92. The Morgan fingerprint density at radius 1 is 1.45 bits per heavy atom. The second-order valence-corrected chi connectivity index (χ2v) is 2.39. The molecule has 2 rings (SSSR count). The Kier molecular flexibility index (Phi) is 1.29. The van der Waals surface area contributed by atoms with E-state index in [9.17, 15) is 4.39 Å². The lowest BCUT2D eigenvalue weighted by molar-refractivity contribution is 0.549. The number of hydrogen-bond acceptors (Lipinski definition) is 2. The van der Waals surface area contributed by atoms with Crippen LogP contribution in [0.3, 0.4) is 0 Å². The molecule has 0 aliphatic heterocycles. The van der Waals surface area contributed by atoms with Gasteiger partial charge in [0.05, 0.1) is 6.20 Å². The van der Waals surface area contributed by atoms with Crippen LogP contribution < -0.4 is 0 Å². The van der Waals surface area contributed by atoms with E-state index in [0.717, 1.165) is 10.7 Å². The Hall–Kier alpha value is -1.16. The van der Waals surface area contributed by atoms with E-state index in [2.05, 4.69) is 10.1 Å². The Bertz CT molecular complexity index is 398. The van der Waals surface area contributed by atoms with Crippen molar-refractivity contribution in [2.75, 3.05) is 0 Å². The van der Waals surface area contributed by atoms with Crippen LogP contribution in [0.2, 0.25) is 5.15 Å². The zero-order valence-corrected chi connectivity index (χ0v) is 6.09. The maximum Gasteiger partial charge on any atom is 0.234 e. The van der Waals surface area contributed by atoms with Gasteiger partial charge in [0.15, 0.2) is 5.65 Å². The predicted octanol–water partition coefficient (Wildman–Crippen LogP) is 1.52. The zero-order valence-electron chi connectivity index (χ0n) is 5.33. The van der Waals surface area contributed by atoms with Crippen molar-refractivity contribution < 1.29 is 4.39 Å². The largest absolute Gasteiger partial charge is 0.234 e. The van der Waals surface area contributed by atoms with Gasteiger partial charge in [0.25, 0.3) is 0 Å². The fourth-order valence-electron chi connectivity index (χ4n) is 0.823. The molecule has 2 aromatic rings. The van der Waals surface area contributed by atoms with E-state index in [0.29, 0.717) is 5.65 Å². The summed E-state index contributed by atoms with van der Waals surface area (Å²) < 4.78 is 13.7. The van der Waals surface area contributed by atoms with E-state index >= 15 is 0 Å². The Labute approximate surface area is 66.4 Å². The molecular weight excluding hydrogens is 169 g/mol. The highest BCUT2D eigenvalue weighted by molar-refractivity contribution is 6.29. The zero-order chi connectivity index (χ0) is 7.84. The molecule has 2 heterocycles. The smallest absolute Gasteiger partial charge is 0.232 e. The molecule has 5 heteroatoms. The van der Waals surface area contributed by atoms with E-state index in [4.69, 9.17) is 11.6 Å². The number of fused-ring (bicyclic) bond motifs is 1. The van der Waals surface area contributed by atoms with Crippen LogP contribution in [0.25, 0.3) is 5.65 Å². The lowest BCUT2D eigenvalue weighted by Crippen LogP contribution is -1.93. The number of rotatable bonds is 0. The number of imidazole rings is 1. The molecule has 0 aliphatic rings. The minimum Gasteiger partial charge on any atom is -0.232 e. The highest BCUT2D eigenvalue weighted by atomic mass is 35.5. The van der Waals surface area contributed by atoms with Crippen molar-refractivity contribution in [1.82, 2.24) is 14.6 Å². The first kappa shape index (κ1) is 6.54. The van der Waals surface area contributed by atoms with E-state index in [1.54, 1.807) is 12.1 Å². The Morgan fingerprint density at radius 2 is 2.27 bits per heavy atom. The molecule has 0 radical (unpaired) electrons. The molecule has 56 valence electrons. The molecule has 0 unspecified atom stereocenters. The first-order chi connectivity index (χ1) is 5.27. The molecule has 0 amide bonds. The summed E-state index contributed by atoms with van der Waals surface area (Å²) in [5.74, 6) is -0.512. The third-order valence-corrected chi connectivity index (χ3v) is 1.49. The predicted molar refractivity (Wildman–Crippen MR) is 38.0 cm³/mol. The molecule has 2 aromatic heterocycles. The van der Waals surface area contributed by atoms with E-state index in [-0.39, 0.29) is 5.15 Å². The van der Waals surface area contributed by atoms with E-state index in [1.165, 1.54) is 0 Å². The number of halogens is 2. The topological polar surface area (TPSA) is 30.2 Å². The van der Waals surface area contributed by atoms with Crippen LogP contribution in [0.1, 0.15) is 0 Å².